The lowest BCUT2D eigenvalue weighted by Crippen LogP contribution is -2.55. The average molecular weight is 214 g/mol. The summed E-state index contributed by atoms with van der Waals surface area (Å²) in [6.07, 6.45) is 0.332. The van der Waals surface area contributed by atoms with E-state index in [2.05, 4.69) is 20.8 Å². The van der Waals surface area contributed by atoms with Gasteiger partial charge >= 0.3 is 0 Å². The minimum atomic E-state index is -0.685. The van der Waals surface area contributed by atoms with Crippen LogP contribution in [-0.2, 0) is 14.3 Å². The summed E-state index contributed by atoms with van der Waals surface area (Å²) in [6.45, 7) is 10.0. The second-order valence-electron chi connectivity index (χ2n) is 5.64. The molecule has 88 valence electrons. The largest absolute Gasteiger partial charge is 0.371 e. The van der Waals surface area contributed by atoms with Gasteiger partial charge < -0.3 is 9.47 Å². The van der Waals surface area contributed by atoms with Gasteiger partial charge in [-0.3, -0.25) is 4.79 Å². The third-order valence-electron chi connectivity index (χ3n) is 3.25. The van der Waals surface area contributed by atoms with Crippen LogP contribution in [0.4, 0.5) is 0 Å². The minimum absolute atomic E-state index is 0.0365. The topological polar surface area (TPSA) is 35.5 Å². The molecule has 1 rings (SSSR count). The second-order valence-corrected chi connectivity index (χ2v) is 5.64. The zero-order valence-corrected chi connectivity index (χ0v) is 10.6. The van der Waals surface area contributed by atoms with Crippen LogP contribution in [0, 0.1) is 5.41 Å². The number of carbonyl (C=O) groups is 1. The number of methoxy groups -OCH3 is 1. The van der Waals surface area contributed by atoms with Crippen LogP contribution >= 0.6 is 0 Å². The number of hydrogen-bond acceptors (Lipinski definition) is 3. The minimum Gasteiger partial charge on any atom is -0.371 e. The van der Waals surface area contributed by atoms with Gasteiger partial charge in [0, 0.05) is 13.5 Å². The maximum atomic E-state index is 11.9. The van der Waals surface area contributed by atoms with E-state index in [1.807, 2.05) is 6.92 Å². The molecule has 3 nitrogen and oxygen atoms in total. The molecule has 0 radical (unpaired) electrons. The summed E-state index contributed by atoms with van der Waals surface area (Å²) < 4.78 is 11.1. The van der Waals surface area contributed by atoms with Gasteiger partial charge in [-0.2, -0.15) is 0 Å². The van der Waals surface area contributed by atoms with Crippen LogP contribution in [-0.4, -0.2) is 30.7 Å². The molecule has 1 saturated heterocycles. The van der Waals surface area contributed by atoms with Crippen molar-refractivity contribution in [1.82, 2.24) is 0 Å². The molecule has 1 aliphatic rings. The molecule has 3 unspecified atom stereocenters. The Labute approximate surface area is 92.1 Å². The summed E-state index contributed by atoms with van der Waals surface area (Å²) in [5, 5.41) is 0. The fraction of sp³-hybridized carbons (Fsp3) is 0.917. The van der Waals surface area contributed by atoms with Gasteiger partial charge in [0.15, 0.2) is 5.78 Å². The molecule has 1 aliphatic heterocycles. The molecule has 0 spiro atoms. The molecule has 15 heavy (non-hydrogen) atoms. The molecule has 0 N–H and O–H groups in total. The summed E-state index contributed by atoms with van der Waals surface area (Å²) in [7, 11) is 1.59. The van der Waals surface area contributed by atoms with Crippen LogP contribution in [0.15, 0.2) is 0 Å². The lowest BCUT2D eigenvalue weighted by atomic mass is 9.77. The van der Waals surface area contributed by atoms with Crippen LogP contribution in [0.1, 0.15) is 41.0 Å². The van der Waals surface area contributed by atoms with Gasteiger partial charge in [-0.1, -0.05) is 20.8 Å². The molecule has 0 amide bonds. The predicted molar refractivity (Wildman–Crippen MR) is 58.8 cm³/mol. The van der Waals surface area contributed by atoms with Crippen molar-refractivity contribution < 1.29 is 14.3 Å². The van der Waals surface area contributed by atoms with Gasteiger partial charge in [0.25, 0.3) is 0 Å². The smallest absolute Gasteiger partial charge is 0.192 e. The Morgan fingerprint density at radius 1 is 1.47 bits per heavy atom. The monoisotopic (exact) mass is 214 g/mol. The van der Waals surface area contributed by atoms with Crippen molar-refractivity contribution in [2.45, 2.75) is 58.8 Å². The highest BCUT2D eigenvalue weighted by molar-refractivity contribution is 5.91. The van der Waals surface area contributed by atoms with Crippen molar-refractivity contribution in [2.75, 3.05) is 7.11 Å². The van der Waals surface area contributed by atoms with Crippen LogP contribution in [0.2, 0.25) is 0 Å². The van der Waals surface area contributed by atoms with Gasteiger partial charge in [-0.05, 0) is 19.3 Å². The van der Waals surface area contributed by atoms with Crippen molar-refractivity contribution in [3.8, 4) is 0 Å². The molecule has 0 aromatic rings. The second kappa shape index (κ2) is 3.87. The molecule has 1 fully saturated rings. The fourth-order valence-electron chi connectivity index (χ4n) is 1.93. The van der Waals surface area contributed by atoms with Crippen molar-refractivity contribution in [3.63, 3.8) is 0 Å². The molecular weight excluding hydrogens is 192 g/mol. The number of hydrogen-bond donors (Lipinski definition) is 0. The lowest BCUT2D eigenvalue weighted by molar-refractivity contribution is -0.185. The standard InChI is InChI=1S/C12H22O3/c1-8-10(13)12(5,14-6)7-9(15-8)11(2,3)4/h8-9H,7H2,1-6H3. The Bertz CT molecular complexity index is 254. The van der Waals surface area contributed by atoms with Crippen LogP contribution in [0.3, 0.4) is 0 Å². The molecule has 0 aliphatic carbocycles. The highest BCUT2D eigenvalue weighted by atomic mass is 16.5. The van der Waals surface area contributed by atoms with Crippen molar-refractivity contribution in [1.29, 1.82) is 0 Å². The van der Waals surface area contributed by atoms with E-state index in [-0.39, 0.29) is 23.4 Å². The highest BCUT2D eigenvalue weighted by Gasteiger charge is 2.47. The predicted octanol–water partition coefficient (Wildman–Crippen LogP) is 2.18. The zero-order chi connectivity index (χ0) is 11.9. The van der Waals surface area contributed by atoms with E-state index in [0.717, 1.165) is 0 Å². The first-order valence-corrected chi connectivity index (χ1v) is 5.45. The number of Topliss-reactive ketones (excluding diaryl/α,β-unsaturated/α-hetero) is 1. The molecule has 0 aromatic carbocycles. The highest BCUT2D eigenvalue weighted by Crippen LogP contribution is 2.36. The van der Waals surface area contributed by atoms with E-state index in [1.165, 1.54) is 0 Å². The van der Waals surface area contributed by atoms with E-state index in [4.69, 9.17) is 9.47 Å². The summed E-state index contributed by atoms with van der Waals surface area (Å²) in [4.78, 5) is 11.9. The third-order valence-corrected chi connectivity index (χ3v) is 3.25. The Morgan fingerprint density at radius 3 is 2.40 bits per heavy atom. The molecular formula is C12H22O3. The Balaban J connectivity index is 2.90. The SMILES string of the molecule is COC1(C)CC(C(C)(C)C)OC(C)C1=O. The quantitative estimate of drug-likeness (QED) is 0.671. The Morgan fingerprint density at radius 2 is 2.00 bits per heavy atom. The van der Waals surface area contributed by atoms with Crippen LogP contribution < -0.4 is 0 Å². The number of ether oxygens (including phenoxy) is 2. The van der Waals surface area contributed by atoms with E-state index in [9.17, 15) is 4.79 Å². The van der Waals surface area contributed by atoms with Gasteiger partial charge in [0.05, 0.1) is 6.10 Å². The first kappa shape index (κ1) is 12.7. The van der Waals surface area contributed by atoms with Gasteiger partial charge in [0.1, 0.15) is 11.7 Å². The van der Waals surface area contributed by atoms with Gasteiger partial charge in [-0.15, -0.1) is 0 Å². The van der Waals surface area contributed by atoms with E-state index in [1.54, 1.807) is 14.0 Å². The maximum absolute atomic E-state index is 11.9. The molecule has 0 saturated carbocycles. The number of carbonyl (C=O) groups excluding carboxylic acids is 1. The van der Waals surface area contributed by atoms with Crippen LogP contribution in [0.25, 0.3) is 0 Å². The molecule has 1 heterocycles. The Hall–Kier alpha value is -0.410. The van der Waals surface area contributed by atoms with Crippen LogP contribution in [0.5, 0.6) is 0 Å². The first-order valence-electron chi connectivity index (χ1n) is 5.45. The van der Waals surface area contributed by atoms with Gasteiger partial charge in [0.2, 0.25) is 0 Å². The summed E-state index contributed by atoms with van der Waals surface area (Å²) in [5.41, 5.74) is -0.648. The average Bonchev–Trinajstić information content (AvgIpc) is 2.12. The number of rotatable bonds is 1. The number of ketones is 1. The van der Waals surface area contributed by atoms with Gasteiger partial charge in [-0.25, -0.2) is 0 Å². The van der Waals surface area contributed by atoms with Crippen molar-refractivity contribution >= 4 is 5.78 Å². The van der Waals surface area contributed by atoms with Crippen molar-refractivity contribution in [3.05, 3.63) is 0 Å². The van der Waals surface area contributed by atoms with E-state index < -0.39 is 5.60 Å². The molecule has 3 atom stereocenters. The van der Waals surface area contributed by atoms with Crippen molar-refractivity contribution in [2.24, 2.45) is 5.41 Å². The normalized spacial score (nSPS) is 38.1. The molecule has 3 heteroatoms. The first-order chi connectivity index (χ1) is 6.70. The summed E-state index contributed by atoms with van der Waals surface area (Å²) in [6, 6.07) is 0. The zero-order valence-electron chi connectivity index (χ0n) is 10.6. The third kappa shape index (κ3) is 2.40. The molecule has 0 bridgehead atoms. The van der Waals surface area contributed by atoms with E-state index >= 15 is 0 Å². The fourth-order valence-corrected chi connectivity index (χ4v) is 1.93. The summed E-state index contributed by atoms with van der Waals surface area (Å²) in [5.74, 6) is 0.0468. The maximum Gasteiger partial charge on any atom is 0.192 e. The summed E-state index contributed by atoms with van der Waals surface area (Å²) >= 11 is 0. The Kier molecular flexibility index (Phi) is 3.27. The lowest BCUT2D eigenvalue weighted by Gasteiger charge is -2.44. The molecule has 0 aromatic heterocycles. The van der Waals surface area contributed by atoms with E-state index in [0.29, 0.717) is 6.42 Å².